The van der Waals surface area contributed by atoms with Gasteiger partial charge >= 0.3 is 0 Å². The molecule has 0 atom stereocenters. The number of halogens is 1. The lowest BCUT2D eigenvalue weighted by atomic mass is 10.1. The van der Waals surface area contributed by atoms with Crippen LogP contribution in [0.5, 0.6) is 0 Å². The Kier molecular flexibility index (Phi) is 6.38. The molecule has 27 heavy (non-hydrogen) atoms. The Bertz CT molecular complexity index is 807. The number of amides is 2. The number of nitrogens with one attached hydrogen (secondary N) is 2. The summed E-state index contributed by atoms with van der Waals surface area (Å²) in [5.74, 6) is -1.18. The van der Waals surface area contributed by atoms with Crippen LogP contribution in [0, 0.1) is 5.82 Å². The maximum atomic E-state index is 13.6. The van der Waals surface area contributed by atoms with Crippen LogP contribution in [-0.4, -0.2) is 44.7 Å². The minimum Gasteiger partial charge on any atom is -0.378 e. The maximum absolute atomic E-state index is 13.6. The van der Waals surface area contributed by atoms with Gasteiger partial charge in [0.2, 0.25) is 11.8 Å². The van der Waals surface area contributed by atoms with E-state index in [4.69, 9.17) is 4.74 Å². The van der Waals surface area contributed by atoms with Crippen LogP contribution in [0.3, 0.4) is 0 Å². The molecule has 0 aliphatic carbocycles. The summed E-state index contributed by atoms with van der Waals surface area (Å²) < 4.78 is 18.9. The second-order valence-corrected chi connectivity index (χ2v) is 6.21. The van der Waals surface area contributed by atoms with Gasteiger partial charge in [0.15, 0.2) is 0 Å². The molecule has 1 aliphatic heterocycles. The average Bonchev–Trinajstić information content (AvgIpc) is 2.69. The van der Waals surface area contributed by atoms with E-state index in [0.29, 0.717) is 24.5 Å². The summed E-state index contributed by atoms with van der Waals surface area (Å²) in [7, 11) is 0. The topological polar surface area (TPSA) is 70.7 Å². The molecule has 0 bridgehead atoms. The fraction of sp³-hybridized carbons (Fsp3) is 0.300. The summed E-state index contributed by atoms with van der Waals surface area (Å²) in [6.45, 7) is 2.63. The lowest BCUT2D eigenvalue weighted by Gasteiger charge is -2.30. The summed E-state index contributed by atoms with van der Waals surface area (Å²) in [6.07, 6.45) is -0.107. The zero-order valence-corrected chi connectivity index (χ0v) is 14.9. The van der Waals surface area contributed by atoms with Crippen LogP contribution < -0.4 is 15.5 Å². The summed E-state index contributed by atoms with van der Waals surface area (Å²) in [4.78, 5) is 26.3. The Hall–Kier alpha value is -2.93. The highest BCUT2D eigenvalue weighted by Gasteiger charge is 2.16. The summed E-state index contributed by atoms with van der Waals surface area (Å²) in [6, 6.07) is 13.6. The first-order valence-corrected chi connectivity index (χ1v) is 8.85. The molecule has 142 valence electrons. The average molecular weight is 371 g/mol. The number of anilines is 2. The fourth-order valence-corrected chi connectivity index (χ4v) is 2.91. The molecule has 0 radical (unpaired) electrons. The highest BCUT2D eigenvalue weighted by Crippen LogP contribution is 2.26. The van der Waals surface area contributed by atoms with E-state index in [0.717, 1.165) is 18.8 Å². The van der Waals surface area contributed by atoms with Crippen LogP contribution in [-0.2, 0) is 20.7 Å². The number of nitrogens with zero attached hydrogens (tertiary/aromatic N) is 1. The van der Waals surface area contributed by atoms with E-state index in [2.05, 4.69) is 15.5 Å². The van der Waals surface area contributed by atoms with Crippen molar-refractivity contribution in [1.29, 1.82) is 0 Å². The third kappa shape index (κ3) is 5.27. The van der Waals surface area contributed by atoms with E-state index in [1.165, 1.54) is 6.07 Å². The Morgan fingerprint density at radius 1 is 1.00 bits per heavy atom. The molecule has 2 amide bonds. The molecule has 0 saturated carbocycles. The Morgan fingerprint density at radius 3 is 2.48 bits per heavy atom. The van der Waals surface area contributed by atoms with Crippen molar-refractivity contribution in [1.82, 2.24) is 5.32 Å². The number of ether oxygens (including phenoxy) is 1. The zero-order chi connectivity index (χ0) is 19.1. The van der Waals surface area contributed by atoms with Crippen molar-refractivity contribution >= 4 is 23.2 Å². The highest BCUT2D eigenvalue weighted by atomic mass is 19.1. The largest absolute Gasteiger partial charge is 0.378 e. The van der Waals surface area contributed by atoms with Gasteiger partial charge in [-0.2, -0.15) is 0 Å². The summed E-state index contributed by atoms with van der Waals surface area (Å²) in [5.41, 5.74) is 1.91. The number of carbonyl (C=O) groups excluding carboxylic acids is 2. The number of benzene rings is 2. The van der Waals surface area contributed by atoms with E-state index in [1.54, 1.807) is 18.2 Å². The lowest BCUT2D eigenvalue weighted by molar-refractivity contribution is -0.123. The molecular formula is C20H22FN3O3. The third-order valence-electron chi connectivity index (χ3n) is 4.28. The van der Waals surface area contributed by atoms with Gasteiger partial charge in [0.1, 0.15) is 5.82 Å². The Balaban J connectivity index is 1.54. The number of rotatable bonds is 6. The van der Waals surface area contributed by atoms with Crippen molar-refractivity contribution in [3.63, 3.8) is 0 Å². The van der Waals surface area contributed by atoms with Crippen LogP contribution in [0.4, 0.5) is 15.8 Å². The van der Waals surface area contributed by atoms with Crippen LogP contribution >= 0.6 is 0 Å². The normalized spacial score (nSPS) is 13.9. The second kappa shape index (κ2) is 9.14. The van der Waals surface area contributed by atoms with Gasteiger partial charge in [0.05, 0.1) is 37.6 Å². The molecule has 1 heterocycles. The maximum Gasteiger partial charge on any atom is 0.243 e. The SMILES string of the molecule is O=C(Cc1ccccc1F)NCC(=O)Nc1ccccc1N1CCOCC1. The fourth-order valence-electron chi connectivity index (χ4n) is 2.91. The van der Waals surface area contributed by atoms with Crippen molar-refractivity contribution in [2.45, 2.75) is 6.42 Å². The summed E-state index contributed by atoms with van der Waals surface area (Å²) in [5, 5.41) is 5.35. The molecule has 0 aromatic heterocycles. The minimum atomic E-state index is -0.434. The smallest absolute Gasteiger partial charge is 0.243 e. The van der Waals surface area contributed by atoms with E-state index < -0.39 is 11.7 Å². The van der Waals surface area contributed by atoms with Crippen molar-refractivity contribution in [2.24, 2.45) is 0 Å². The van der Waals surface area contributed by atoms with Gasteiger partial charge in [-0.05, 0) is 23.8 Å². The van der Waals surface area contributed by atoms with Crippen molar-refractivity contribution in [3.05, 3.63) is 59.9 Å². The highest BCUT2D eigenvalue weighted by molar-refractivity contribution is 5.97. The third-order valence-corrected chi connectivity index (χ3v) is 4.28. The predicted octanol–water partition coefficient (Wildman–Crippen LogP) is 1.96. The van der Waals surface area contributed by atoms with Gasteiger partial charge in [-0.25, -0.2) is 4.39 Å². The van der Waals surface area contributed by atoms with Crippen LogP contribution in [0.25, 0.3) is 0 Å². The first-order valence-electron chi connectivity index (χ1n) is 8.85. The molecular weight excluding hydrogens is 349 g/mol. The lowest BCUT2D eigenvalue weighted by Crippen LogP contribution is -2.37. The first-order chi connectivity index (χ1) is 13.1. The number of para-hydroxylation sites is 2. The van der Waals surface area contributed by atoms with Crippen LogP contribution in [0.2, 0.25) is 0 Å². The van der Waals surface area contributed by atoms with Crippen molar-refractivity contribution in [3.8, 4) is 0 Å². The van der Waals surface area contributed by atoms with Gasteiger partial charge in [0, 0.05) is 13.1 Å². The molecule has 2 N–H and O–H groups in total. The number of hydrogen-bond donors (Lipinski definition) is 2. The van der Waals surface area contributed by atoms with Gasteiger partial charge < -0.3 is 20.3 Å². The molecule has 7 heteroatoms. The quantitative estimate of drug-likeness (QED) is 0.814. The monoisotopic (exact) mass is 371 g/mol. The number of carbonyl (C=O) groups is 2. The van der Waals surface area contributed by atoms with E-state index in [-0.39, 0.29) is 18.9 Å². The van der Waals surface area contributed by atoms with Crippen molar-refractivity contribution < 1.29 is 18.7 Å². The molecule has 1 fully saturated rings. The number of hydrogen-bond acceptors (Lipinski definition) is 4. The van der Waals surface area contributed by atoms with E-state index in [9.17, 15) is 14.0 Å². The van der Waals surface area contributed by atoms with Crippen molar-refractivity contribution in [2.75, 3.05) is 43.1 Å². The molecule has 2 aromatic rings. The summed E-state index contributed by atoms with van der Waals surface area (Å²) >= 11 is 0. The Labute approximate surface area is 157 Å². The van der Waals surface area contributed by atoms with Gasteiger partial charge in [-0.3, -0.25) is 9.59 Å². The second-order valence-electron chi connectivity index (χ2n) is 6.21. The first kappa shape index (κ1) is 18.8. The minimum absolute atomic E-state index is 0.107. The molecule has 1 saturated heterocycles. The van der Waals surface area contributed by atoms with Crippen LogP contribution in [0.1, 0.15) is 5.56 Å². The predicted molar refractivity (Wildman–Crippen MR) is 101 cm³/mol. The number of morpholine rings is 1. The standard InChI is InChI=1S/C20H22FN3O3/c21-16-6-2-1-5-15(16)13-19(25)22-14-20(26)23-17-7-3-4-8-18(17)24-9-11-27-12-10-24/h1-8H,9-14H2,(H,22,25)(H,23,26). The molecule has 2 aromatic carbocycles. The molecule has 0 unspecified atom stereocenters. The van der Waals surface area contributed by atoms with Gasteiger partial charge in [0.25, 0.3) is 0 Å². The van der Waals surface area contributed by atoms with Gasteiger partial charge in [-0.1, -0.05) is 30.3 Å². The van der Waals surface area contributed by atoms with E-state index in [1.807, 2.05) is 24.3 Å². The molecule has 0 spiro atoms. The molecule has 3 rings (SSSR count). The molecule has 6 nitrogen and oxygen atoms in total. The van der Waals surface area contributed by atoms with Crippen LogP contribution in [0.15, 0.2) is 48.5 Å². The Morgan fingerprint density at radius 2 is 1.70 bits per heavy atom. The van der Waals surface area contributed by atoms with E-state index >= 15 is 0 Å². The molecule has 1 aliphatic rings. The zero-order valence-electron chi connectivity index (χ0n) is 14.9. The van der Waals surface area contributed by atoms with Gasteiger partial charge in [-0.15, -0.1) is 0 Å².